The summed E-state index contributed by atoms with van der Waals surface area (Å²) in [5.74, 6) is -2.74. The third-order valence-electron chi connectivity index (χ3n) is 0.948. The molecule has 0 spiro atoms. The largest absolute Gasteiger partial charge is 0.264 e. The first-order chi connectivity index (χ1) is 4.97. The molecule has 11 heavy (non-hydrogen) atoms. The molecule has 0 atom stereocenters. The standard InChI is InChI=1S/C5H6BrF2N3/c1-5(7,8)2-11-3-9-4(6)10-11/h3H,2H2,1H3. The fourth-order valence-corrected chi connectivity index (χ4v) is 0.928. The van der Waals surface area contributed by atoms with E-state index in [0.717, 1.165) is 11.6 Å². The molecule has 1 aromatic rings. The molecule has 0 saturated carbocycles. The Morgan fingerprint density at radius 3 is 2.73 bits per heavy atom. The molecule has 0 unspecified atom stereocenters. The van der Waals surface area contributed by atoms with Crippen molar-refractivity contribution < 1.29 is 8.78 Å². The van der Waals surface area contributed by atoms with Crippen LogP contribution < -0.4 is 0 Å². The lowest BCUT2D eigenvalue weighted by molar-refractivity contribution is 0.000427. The van der Waals surface area contributed by atoms with Crippen LogP contribution in [0.15, 0.2) is 11.1 Å². The van der Waals surface area contributed by atoms with Crippen LogP contribution in [0.3, 0.4) is 0 Å². The number of alkyl halides is 2. The van der Waals surface area contributed by atoms with Crippen molar-refractivity contribution in [3.05, 3.63) is 11.1 Å². The molecule has 0 bridgehead atoms. The first-order valence-corrected chi connectivity index (χ1v) is 3.69. The molecular weight excluding hydrogens is 220 g/mol. The lowest BCUT2D eigenvalue weighted by Gasteiger charge is -2.07. The van der Waals surface area contributed by atoms with E-state index in [9.17, 15) is 8.78 Å². The fraction of sp³-hybridized carbons (Fsp3) is 0.600. The van der Waals surface area contributed by atoms with Crippen LogP contribution in [0.25, 0.3) is 0 Å². The SMILES string of the molecule is CC(F)(F)Cn1cnc(Br)n1. The van der Waals surface area contributed by atoms with Gasteiger partial charge < -0.3 is 0 Å². The molecule has 1 heterocycles. The number of hydrogen-bond acceptors (Lipinski definition) is 2. The van der Waals surface area contributed by atoms with Crippen molar-refractivity contribution in [2.45, 2.75) is 19.4 Å². The minimum Gasteiger partial charge on any atom is -0.246 e. The van der Waals surface area contributed by atoms with E-state index in [0.29, 0.717) is 4.73 Å². The Morgan fingerprint density at radius 2 is 2.36 bits per heavy atom. The summed E-state index contributed by atoms with van der Waals surface area (Å²) in [5, 5.41) is 3.64. The summed E-state index contributed by atoms with van der Waals surface area (Å²) in [6.45, 7) is 0.397. The summed E-state index contributed by atoms with van der Waals surface area (Å²) in [6, 6.07) is 0. The van der Waals surface area contributed by atoms with Crippen LogP contribution in [0.5, 0.6) is 0 Å². The highest BCUT2D eigenvalue weighted by Gasteiger charge is 2.22. The zero-order valence-corrected chi connectivity index (χ0v) is 7.35. The van der Waals surface area contributed by atoms with Gasteiger partial charge in [0.25, 0.3) is 5.92 Å². The van der Waals surface area contributed by atoms with Crippen molar-refractivity contribution in [1.82, 2.24) is 14.8 Å². The topological polar surface area (TPSA) is 30.7 Å². The van der Waals surface area contributed by atoms with E-state index >= 15 is 0 Å². The van der Waals surface area contributed by atoms with Crippen LogP contribution in [0.1, 0.15) is 6.92 Å². The Kier molecular flexibility index (Phi) is 2.22. The number of hydrogen-bond donors (Lipinski definition) is 0. The maximum atomic E-state index is 12.3. The van der Waals surface area contributed by atoms with E-state index < -0.39 is 12.5 Å². The van der Waals surface area contributed by atoms with Crippen LogP contribution in [0, 0.1) is 0 Å². The predicted octanol–water partition coefficient (Wildman–Crippen LogP) is 1.70. The van der Waals surface area contributed by atoms with Gasteiger partial charge in [0.05, 0.1) is 0 Å². The summed E-state index contributed by atoms with van der Waals surface area (Å²) in [5.41, 5.74) is 0. The predicted molar refractivity (Wildman–Crippen MR) is 38.3 cm³/mol. The zero-order chi connectivity index (χ0) is 8.48. The average molecular weight is 226 g/mol. The van der Waals surface area contributed by atoms with Crippen LogP contribution in [0.4, 0.5) is 8.78 Å². The zero-order valence-electron chi connectivity index (χ0n) is 5.76. The molecule has 0 amide bonds. The summed E-state index contributed by atoms with van der Waals surface area (Å²) >= 11 is 2.95. The molecule has 6 heteroatoms. The molecular formula is C5H6BrF2N3. The van der Waals surface area contributed by atoms with Crippen molar-refractivity contribution in [3.8, 4) is 0 Å². The van der Waals surface area contributed by atoms with Gasteiger partial charge in [-0.15, -0.1) is 5.10 Å². The van der Waals surface area contributed by atoms with Gasteiger partial charge >= 0.3 is 0 Å². The maximum absolute atomic E-state index is 12.3. The van der Waals surface area contributed by atoms with E-state index in [-0.39, 0.29) is 0 Å². The minimum absolute atomic E-state index is 0.321. The Hall–Kier alpha value is -0.520. The lowest BCUT2D eigenvalue weighted by Crippen LogP contribution is -2.19. The Labute approximate surface area is 70.6 Å². The van der Waals surface area contributed by atoms with E-state index in [4.69, 9.17) is 0 Å². The van der Waals surface area contributed by atoms with Gasteiger partial charge in [0.1, 0.15) is 12.9 Å². The molecule has 1 rings (SSSR count). The Bertz CT molecular complexity index is 242. The average Bonchev–Trinajstić information content (AvgIpc) is 2.10. The van der Waals surface area contributed by atoms with Gasteiger partial charge in [-0.05, 0) is 15.9 Å². The highest BCUT2D eigenvalue weighted by Crippen LogP contribution is 2.13. The molecule has 0 aliphatic rings. The molecule has 0 fully saturated rings. The number of aromatic nitrogens is 3. The number of rotatable bonds is 2. The summed E-state index contributed by atoms with van der Waals surface area (Å²) < 4.78 is 26.0. The molecule has 0 aliphatic carbocycles. The number of halogens is 3. The Balaban J connectivity index is 2.65. The van der Waals surface area contributed by atoms with E-state index in [1.165, 1.54) is 6.33 Å². The molecule has 0 aliphatic heterocycles. The van der Waals surface area contributed by atoms with Gasteiger partial charge in [0.15, 0.2) is 0 Å². The normalized spacial score (nSPS) is 12.0. The van der Waals surface area contributed by atoms with Crippen LogP contribution >= 0.6 is 15.9 Å². The van der Waals surface area contributed by atoms with Crippen molar-refractivity contribution in [2.75, 3.05) is 0 Å². The van der Waals surface area contributed by atoms with Gasteiger partial charge in [0, 0.05) is 6.92 Å². The van der Waals surface area contributed by atoms with Gasteiger partial charge in [0.2, 0.25) is 4.73 Å². The van der Waals surface area contributed by atoms with Crippen LogP contribution in [-0.2, 0) is 6.54 Å². The summed E-state index contributed by atoms with van der Waals surface area (Å²) in [6.07, 6.45) is 1.25. The van der Waals surface area contributed by atoms with E-state index in [1.807, 2.05) is 0 Å². The van der Waals surface area contributed by atoms with Gasteiger partial charge in [-0.3, -0.25) is 0 Å². The monoisotopic (exact) mass is 225 g/mol. The first-order valence-electron chi connectivity index (χ1n) is 2.90. The van der Waals surface area contributed by atoms with Crippen molar-refractivity contribution in [2.24, 2.45) is 0 Å². The maximum Gasteiger partial charge on any atom is 0.264 e. The quantitative estimate of drug-likeness (QED) is 0.768. The van der Waals surface area contributed by atoms with Gasteiger partial charge in [-0.25, -0.2) is 18.4 Å². The fourth-order valence-electron chi connectivity index (χ4n) is 0.633. The van der Waals surface area contributed by atoms with Crippen LogP contribution in [0.2, 0.25) is 0 Å². The minimum atomic E-state index is -2.74. The second kappa shape index (κ2) is 2.84. The summed E-state index contributed by atoms with van der Waals surface area (Å²) in [4.78, 5) is 3.64. The van der Waals surface area contributed by atoms with Crippen molar-refractivity contribution in [3.63, 3.8) is 0 Å². The number of nitrogens with zero attached hydrogens (tertiary/aromatic N) is 3. The van der Waals surface area contributed by atoms with E-state index in [2.05, 4.69) is 26.0 Å². The van der Waals surface area contributed by atoms with Crippen LogP contribution in [-0.4, -0.2) is 20.7 Å². The van der Waals surface area contributed by atoms with Gasteiger partial charge in [-0.2, -0.15) is 0 Å². The van der Waals surface area contributed by atoms with E-state index in [1.54, 1.807) is 0 Å². The second-order valence-electron chi connectivity index (χ2n) is 2.28. The molecule has 0 N–H and O–H groups in total. The smallest absolute Gasteiger partial charge is 0.246 e. The lowest BCUT2D eigenvalue weighted by atomic mass is 10.4. The summed E-state index contributed by atoms with van der Waals surface area (Å²) in [7, 11) is 0. The molecule has 0 aromatic carbocycles. The van der Waals surface area contributed by atoms with Crippen molar-refractivity contribution in [1.29, 1.82) is 0 Å². The third kappa shape index (κ3) is 2.92. The Morgan fingerprint density at radius 1 is 1.73 bits per heavy atom. The molecule has 62 valence electrons. The second-order valence-corrected chi connectivity index (χ2v) is 2.99. The highest BCUT2D eigenvalue weighted by atomic mass is 79.9. The van der Waals surface area contributed by atoms with Gasteiger partial charge in [-0.1, -0.05) is 0 Å². The molecule has 1 aromatic heterocycles. The molecule has 3 nitrogen and oxygen atoms in total. The molecule has 0 radical (unpaired) electrons. The molecule has 0 saturated heterocycles. The van der Waals surface area contributed by atoms with Crippen molar-refractivity contribution >= 4 is 15.9 Å². The first kappa shape index (κ1) is 8.58. The highest BCUT2D eigenvalue weighted by molar-refractivity contribution is 9.10. The third-order valence-corrected chi connectivity index (χ3v) is 1.31.